The molecular weight excluding hydrogens is 522 g/mol. The largest absolute Gasteiger partial charge is 0.508 e. The first-order chi connectivity index (χ1) is 16.9. The fourth-order valence-electron chi connectivity index (χ4n) is 4.03. The van der Waals surface area contributed by atoms with Crippen molar-refractivity contribution in [2.45, 2.75) is 12.2 Å². The standard InChI is InChI=1S/C25H16Cl2F3NO5/c1-36-23-17(10-14(26)11-18(23)27)21(33)19-20(12-4-2-7-16(32)8-12)31(24(35)22(19)34)15-6-3-5-13(9-15)25(28,29)30/h2-11,20,32-33H,1H3/b21-19+. The minimum Gasteiger partial charge on any atom is -0.508 e. The van der Waals surface area contributed by atoms with Gasteiger partial charge in [0.1, 0.15) is 17.3 Å². The number of aliphatic hydroxyl groups excluding tert-OH is 1. The summed E-state index contributed by atoms with van der Waals surface area (Å²) in [6, 6.07) is 10.5. The Balaban J connectivity index is 2.02. The number of hydrogen-bond acceptors (Lipinski definition) is 5. The molecule has 0 aromatic heterocycles. The zero-order valence-corrected chi connectivity index (χ0v) is 19.8. The highest BCUT2D eigenvalue weighted by atomic mass is 35.5. The molecule has 2 N–H and O–H groups in total. The SMILES string of the molecule is COc1c(Cl)cc(Cl)cc1/C(O)=C1\C(=O)C(=O)N(c2cccc(C(F)(F)F)c2)C1c1cccc(O)c1. The number of ether oxygens (including phenoxy) is 1. The van der Waals surface area contributed by atoms with Crippen LogP contribution in [0.25, 0.3) is 5.76 Å². The van der Waals surface area contributed by atoms with Crippen LogP contribution in [-0.4, -0.2) is 29.0 Å². The molecule has 1 atom stereocenters. The molecule has 1 heterocycles. The minimum atomic E-state index is -4.71. The van der Waals surface area contributed by atoms with Crippen LogP contribution in [-0.2, 0) is 15.8 Å². The van der Waals surface area contributed by atoms with E-state index in [0.717, 1.165) is 23.1 Å². The molecule has 0 saturated carbocycles. The number of carbonyl (C=O) groups excluding carboxylic acids is 2. The zero-order valence-electron chi connectivity index (χ0n) is 18.3. The summed E-state index contributed by atoms with van der Waals surface area (Å²) in [5.41, 5.74) is -1.70. The van der Waals surface area contributed by atoms with E-state index < -0.39 is 40.8 Å². The number of rotatable bonds is 4. The number of alkyl halides is 3. The number of amides is 1. The molecule has 6 nitrogen and oxygen atoms in total. The van der Waals surface area contributed by atoms with Gasteiger partial charge in [-0.05, 0) is 48.0 Å². The summed E-state index contributed by atoms with van der Waals surface area (Å²) >= 11 is 12.2. The second kappa shape index (κ2) is 9.40. The van der Waals surface area contributed by atoms with Crippen molar-refractivity contribution in [3.63, 3.8) is 0 Å². The summed E-state index contributed by atoms with van der Waals surface area (Å²) in [4.78, 5) is 27.2. The van der Waals surface area contributed by atoms with Gasteiger partial charge in [0.2, 0.25) is 0 Å². The number of ketones is 1. The lowest BCUT2D eigenvalue weighted by molar-refractivity contribution is -0.137. The summed E-state index contributed by atoms with van der Waals surface area (Å²) in [5.74, 6) is -3.34. The average molecular weight is 538 g/mol. The Morgan fingerprint density at radius 3 is 2.36 bits per heavy atom. The van der Waals surface area contributed by atoms with Gasteiger partial charge in [0.15, 0.2) is 0 Å². The second-order valence-corrected chi connectivity index (χ2v) is 8.62. The van der Waals surface area contributed by atoms with E-state index in [1.54, 1.807) is 0 Å². The van der Waals surface area contributed by atoms with Crippen molar-refractivity contribution in [2.75, 3.05) is 12.0 Å². The summed E-state index contributed by atoms with van der Waals surface area (Å²) in [5, 5.41) is 21.4. The molecule has 1 amide bonds. The number of aliphatic hydroxyl groups is 1. The van der Waals surface area contributed by atoms with Gasteiger partial charge in [0.05, 0.1) is 34.9 Å². The smallest absolute Gasteiger partial charge is 0.416 e. The maximum absolute atomic E-state index is 13.4. The van der Waals surface area contributed by atoms with E-state index >= 15 is 0 Å². The number of benzene rings is 3. The molecule has 4 rings (SSSR count). The first-order valence-corrected chi connectivity index (χ1v) is 11.0. The lowest BCUT2D eigenvalue weighted by Gasteiger charge is -2.26. The van der Waals surface area contributed by atoms with E-state index in [1.807, 2.05) is 0 Å². The number of carbonyl (C=O) groups is 2. The Labute approximate surface area is 212 Å². The Hall–Kier alpha value is -3.69. The van der Waals surface area contributed by atoms with E-state index in [9.17, 15) is 33.0 Å². The number of hydrogen-bond donors (Lipinski definition) is 2. The van der Waals surface area contributed by atoms with E-state index in [1.165, 1.54) is 49.6 Å². The molecule has 36 heavy (non-hydrogen) atoms. The Bertz CT molecular complexity index is 1420. The van der Waals surface area contributed by atoms with Gasteiger partial charge in [-0.3, -0.25) is 14.5 Å². The van der Waals surface area contributed by atoms with Crippen LogP contribution >= 0.6 is 23.2 Å². The molecule has 1 saturated heterocycles. The molecule has 11 heteroatoms. The van der Waals surface area contributed by atoms with Crippen LogP contribution in [0.2, 0.25) is 10.0 Å². The maximum Gasteiger partial charge on any atom is 0.416 e. The number of aromatic hydroxyl groups is 1. The first-order valence-electron chi connectivity index (χ1n) is 10.2. The molecule has 0 radical (unpaired) electrons. The Kier molecular flexibility index (Phi) is 6.64. The molecule has 1 aliphatic heterocycles. The van der Waals surface area contributed by atoms with E-state index in [2.05, 4.69) is 0 Å². The molecule has 3 aromatic rings. The van der Waals surface area contributed by atoms with Crippen molar-refractivity contribution < 1.29 is 37.7 Å². The van der Waals surface area contributed by atoms with Crippen molar-refractivity contribution in [3.05, 3.63) is 93.0 Å². The van der Waals surface area contributed by atoms with Crippen LogP contribution in [0.1, 0.15) is 22.7 Å². The van der Waals surface area contributed by atoms with E-state index in [-0.39, 0.29) is 38.4 Å². The fourth-order valence-corrected chi connectivity index (χ4v) is 4.60. The molecule has 1 fully saturated rings. The van der Waals surface area contributed by atoms with Gasteiger partial charge < -0.3 is 14.9 Å². The molecule has 0 bridgehead atoms. The van der Waals surface area contributed by atoms with E-state index in [0.29, 0.717) is 0 Å². The highest BCUT2D eigenvalue weighted by Gasteiger charge is 2.48. The first kappa shape index (κ1) is 25.4. The Morgan fingerprint density at radius 2 is 1.72 bits per heavy atom. The van der Waals surface area contributed by atoms with Crippen molar-refractivity contribution in [2.24, 2.45) is 0 Å². The highest BCUT2D eigenvalue weighted by Crippen LogP contribution is 2.46. The third-order valence-electron chi connectivity index (χ3n) is 5.55. The predicted octanol–water partition coefficient (Wildman–Crippen LogP) is 6.35. The van der Waals surface area contributed by atoms with Crippen LogP contribution < -0.4 is 9.64 Å². The summed E-state index contributed by atoms with van der Waals surface area (Å²) < 4.78 is 45.4. The molecule has 3 aromatic carbocycles. The number of methoxy groups -OCH3 is 1. The van der Waals surface area contributed by atoms with Crippen molar-refractivity contribution in [1.82, 2.24) is 0 Å². The Morgan fingerprint density at radius 1 is 1.03 bits per heavy atom. The third-order valence-corrected chi connectivity index (χ3v) is 6.05. The number of Topliss-reactive ketones (excluding diaryl/α,β-unsaturated/α-hetero) is 1. The van der Waals surface area contributed by atoms with Gasteiger partial charge in [-0.2, -0.15) is 13.2 Å². The van der Waals surface area contributed by atoms with Crippen LogP contribution in [0.5, 0.6) is 11.5 Å². The molecule has 0 aliphatic carbocycles. The third kappa shape index (κ3) is 4.47. The summed E-state index contributed by atoms with van der Waals surface area (Å²) in [6.45, 7) is 0. The number of nitrogens with zero attached hydrogens (tertiary/aromatic N) is 1. The number of phenolic OH excluding ortho intramolecular Hbond substituents is 1. The number of halogens is 5. The zero-order chi connectivity index (χ0) is 26.4. The van der Waals surface area contributed by atoms with Gasteiger partial charge >= 0.3 is 6.18 Å². The van der Waals surface area contributed by atoms with Gasteiger partial charge in [-0.1, -0.05) is 41.4 Å². The lowest BCUT2D eigenvalue weighted by Crippen LogP contribution is -2.29. The topological polar surface area (TPSA) is 87.1 Å². The van der Waals surface area contributed by atoms with Crippen LogP contribution in [0, 0.1) is 0 Å². The molecule has 0 spiro atoms. The average Bonchev–Trinajstić information content (AvgIpc) is 3.08. The van der Waals surface area contributed by atoms with Crippen LogP contribution in [0.3, 0.4) is 0 Å². The molecule has 1 unspecified atom stereocenters. The maximum atomic E-state index is 13.4. The van der Waals surface area contributed by atoms with Crippen LogP contribution in [0.4, 0.5) is 18.9 Å². The van der Waals surface area contributed by atoms with Crippen molar-refractivity contribution >= 4 is 46.3 Å². The minimum absolute atomic E-state index is 0.00700. The molecule has 1 aliphatic rings. The predicted molar refractivity (Wildman–Crippen MR) is 127 cm³/mol. The fraction of sp³-hybridized carbons (Fsp3) is 0.120. The normalized spacial score (nSPS) is 17.5. The number of phenols is 1. The molecular formula is C25H16Cl2F3NO5. The van der Waals surface area contributed by atoms with Gasteiger partial charge in [0.25, 0.3) is 11.7 Å². The van der Waals surface area contributed by atoms with Gasteiger partial charge in [-0.15, -0.1) is 0 Å². The quantitative estimate of drug-likeness (QED) is 0.230. The van der Waals surface area contributed by atoms with Crippen LogP contribution in [0.15, 0.2) is 66.2 Å². The van der Waals surface area contributed by atoms with Crippen molar-refractivity contribution in [3.8, 4) is 11.5 Å². The highest BCUT2D eigenvalue weighted by molar-refractivity contribution is 6.52. The number of anilines is 1. The van der Waals surface area contributed by atoms with E-state index in [4.69, 9.17) is 27.9 Å². The summed E-state index contributed by atoms with van der Waals surface area (Å²) in [6.07, 6.45) is -4.71. The van der Waals surface area contributed by atoms with Crippen molar-refractivity contribution in [1.29, 1.82) is 0 Å². The van der Waals surface area contributed by atoms with Gasteiger partial charge in [0, 0.05) is 10.7 Å². The second-order valence-electron chi connectivity index (χ2n) is 7.78. The monoisotopic (exact) mass is 537 g/mol. The van der Waals surface area contributed by atoms with Gasteiger partial charge in [-0.25, -0.2) is 0 Å². The lowest BCUT2D eigenvalue weighted by atomic mass is 9.94. The molecule has 186 valence electrons. The summed E-state index contributed by atoms with van der Waals surface area (Å²) in [7, 11) is 1.26.